The molecule has 0 spiro atoms. The summed E-state index contributed by atoms with van der Waals surface area (Å²) in [6, 6.07) is 8.87. The molecule has 1 aliphatic heterocycles. The van der Waals surface area contributed by atoms with E-state index in [4.69, 9.17) is 9.47 Å². The molecule has 41 heavy (non-hydrogen) atoms. The topological polar surface area (TPSA) is 112 Å². The Labute approximate surface area is 246 Å². The third-order valence-electron chi connectivity index (χ3n) is 8.46. The number of amides is 3. The van der Waals surface area contributed by atoms with E-state index in [1.165, 1.54) is 0 Å². The van der Waals surface area contributed by atoms with Crippen LogP contribution in [-0.2, 0) is 15.9 Å². The molecule has 0 aromatic heterocycles. The van der Waals surface area contributed by atoms with E-state index < -0.39 is 24.3 Å². The minimum absolute atomic E-state index is 0.0450. The maximum Gasteiger partial charge on any atom is 0.407 e. The first-order valence-electron chi connectivity index (χ1n) is 15.3. The molecule has 2 fully saturated rings. The fourth-order valence-corrected chi connectivity index (χ4v) is 5.79. The molecule has 3 N–H and O–H groups in total. The molecule has 232 valence electrons. The van der Waals surface area contributed by atoms with Gasteiger partial charge in [-0.25, -0.2) is 9.59 Å². The van der Waals surface area contributed by atoms with Crippen LogP contribution in [0, 0.1) is 29.1 Å². The number of alkyl carbamates (subject to hydrolysis) is 1. The van der Waals surface area contributed by atoms with Crippen LogP contribution in [0.2, 0.25) is 0 Å². The minimum Gasteiger partial charge on any atom is -0.445 e. The quantitative estimate of drug-likeness (QED) is 0.326. The lowest BCUT2D eigenvalue weighted by atomic mass is 9.92. The van der Waals surface area contributed by atoms with Crippen molar-refractivity contribution in [3.63, 3.8) is 0 Å². The number of ether oxygens (including phenoxy) is 2. The summed E-state index contributed by atoms with van der Waals surface area (Å²) in [5, 5.41) is 24.3. The molecule has 6 atom stereocenters. The smallest absolute Gasteiger partial charge is 0.407 e. The standard InChI is InChI=1S/C32H53N3O6/c1-22(2)12-14-35(31(39)34(6)15-13-32(3,4)5)18-28(37)27(16-23-10-8-7-9-11-23)33-30(38)41-29-24(19-36)17-25-20-40-21-26(25)29/h7-11,22,24-29,36-37H,12-21H2,1-6H3,(H,33,38)/t24?,25?,26?,27-,28+,29?/m0/s1. The van der Waals surface area contributed by atoms with Crippen molar-refractivity contribution in [3.05, 3.63) is 35.9 Å². The van der Waals surface area contributed by atoms with Crippen LogP contribution in [0.25, 0.3) is 0 Å². The number of carbonyl (C=O) groups is 2. The molecule has 1 aromatic carbocycles. The van der Waals surface area contributed by atoms with Gasteiger partial charge in [-0.3, -0.25) is 0 Å². The van der Waals surface area contributed by atoms with Gasteiger partial charge in [-0.2, -0.15) is 0 Å². The fourth-order valence-electron chi connectivity index (χ4n) is 5.79. The second-order valence-electron chi connectivity index (χ2n) is 13.7. The lowest BCUT2D eigenvalue weighted by Gasteiger charge is -2.34. The minimum atomic E-state index is -1.02. The van der Waals surface area contributed by atoms with Crippen molar-refractivity contribution in [2.75, 3.05) is 46.5 Å². The van der Waals surface area contributed by atoms with Crippen molar-refractivity contribution in [2.24, 2.45) is 29.1 Å². The van der Waals surface area contributed by atoms with E-state index in [0.29, 0.717) is 38.6 Å². The Morgan fingerprint density at radius 3 is 2.49 bits per heavy atom. The number of carbonyl (C=O) groups excluding carboxylic acids is 2. The number of hydrogen-bond acceptors (Lipinski definition) is 6. The molecule has 1 heterocycles. The summed E-state index contributed by atoms with van der Waals surface area (Å²) in [6.07, 6.45) is 0.750. The Hall–Kier alpha value is -2.36. The summed E-state index contributed by atoms with van der Waals surface area (Å²) in [4.78, 5) is 30.2. The van der Waals surface area contributed by atoms with E-state index in [0.717, 1.165) is 24.8 Å². The molecule has 9 heteroatoms. The Bertz CT molecular complexity index is 953. The highest BCUT2D eigenvalue weighted by atomic mass is 16.6. The number of nitrogens with one attached hydrogen (secondary N) is 1. The van der Waals surface area contributed by atoms with Gasteiger partial charge in [0.15, 0.2) is 0 Å². The molecular formula is C32H53N3O6. The zero-order valence-corrected chi connectivity index (χ0v) is 25.9. The van der Waals surface area contributed by atoms with Crippen LogP contribution in [0.3, 0.4) is 0 Å². The average molecular weight is 576 g/mol. The Kier molecular flexibility index (Phi) is 12.3. The first-order valence-corrected chi connectivity index (χ1v) is 15.3. The molecule has 1 saturated carbocycles. The first kappa shape index (κ1) is 33.1. The monoisotopic (exact) mass is 575 g/mol. The van der Waals surface area contributed by atoms with Crippen molar-refractivity contribution >= 4 is 12.1 Å². The number of aliphatic hydroxyl groups excluding tert-OH is 2. The number of urea groups is 1. The molecule has 1 aliphatic carbocycles. The van der Waals surface area contributed by atoms with Crippen molar-refractivity contribution in [3.8, 4) is 0 Å². The lowest BCUT2D eigenvalue weighted by molar-refractivity contribution is 0.0139. The van der Waals surface area contributed by atoms with Crippen LogP contribution in [0.1, 0.15) is 59.4 Å². The third-order valence-corrected chi connectivity index (χ3v) is 8.46. The summed E-state index contributed by atoms with van der Waals surface area (Å²) in [5.74, 6) is 0.629. The molecule has 3 amide bonds. The Balaban J connectivity index is 1.73. The molecule has 0 radical (unpaired) electrons. The van der Waals surface area contributed by atoms with Crippen LogP contribution in [-0.4, -0.2) is 96.9 Å². The summed E-state index contributed by atoms with van der Waals surface area (Å²) in [6.45, 7) is 13.0. The van der Waals surface area contributed by atoms with Gasteiger partial charge >= 0.3 is 12.1 Å². The van der Waals surface area contributed by atoms with Crippen LogP contribution in [0.4, 0.5) is 9.59 Å². The number of rotatable bonds is 13. The molecule has 3 rings (SSSR count). The van der Waals surface area contributed by atoms with Crippen molar-refractivity contribution in [2.45, 2.75) is 78.6 Å². The van der Waals surface area contributed by atoms with Crippen molar-refractivity contribution in [1.29, 1.82) is 0 Å². The lowest BCUT2D eigenvalue weighted by Crippen LogP contribution is -2.53. The third kappa shape index (κ3) is 10.1. The number of nitrogens with zero attached hydrogens (tertiary/aromatic N) is 2. The summed E-state index contributed by atoms with van der Waals surface area (Å²) in [7, 11) is 1.80. The Morgan fingerprint density at radius 2 is 1.85 bits per heavy atom. The average Bonchev–Trinajstić information content (AvgIpc) is 3.51. The van der Waals surface area contributed by atoms with Crippen LogP contribution < -0.4 is 5.32 Å². The summed E-state index contributed by atoms with van der Waals surface area (Å²) >= 11 is 0. The maximum absolute atomic E-state index is 13.5. The molecule has 2 aliphatic rings. The number of hydrogen-bond donors (Lipinski definition) is 3. The van der Waals surface area contributed by atoms with Gasteiger partial charge in [-0.1, -0.05) is 65.0 Å². The molecule has 1 aromatic rings. The van der Waals surface area contributed by atoms with Crippen LogP contribution in [0.15, 0.2) is 30.3 Å². The van der Waals surface area contributed by atoms with Gasteiger partial charge < -0.3 is 34.8 Å². The highest BCUT2D eigenvalue weighted by molar-refractivity contribution is 5.74. The normalized spacial score (nSPS) is 23.6. The van der Waals surface area contributed by atoms with Crippen LogP contribution >= 0.6 is 0 Å². The number of benzene rings is 1. The second kappa shape index (κ2) is 15.2. The first-order chi connectivity index (χ1) is 19.4. The molecule has 1 saturated heterocycles. The highest BCUT2D eigenvalue weighted by Crippen LogP contribution is 2.42. The zero-order chi connectivity index (χ0) is 30.2. The van der Waals surface area contributed by atoms with Gasteiger partial charge in [0.05, 0.1) is 25.3 Å². The van der Waals surface area contributed by atoms with E-state index in [9.17, 15) is 19.8 Å². The predicted octanol–water partition coefficient (Wildman–Crippen LogP) is 4.16. The molecule has 4 unspecified atom stereocenters. The van der Waals surface area contributed by atoms with Crippen LogP contribution in [0.5, 0.6) is 0 Å². The predicted molar refractivity (Wildman–Crippen MR) is 159 cm³/mol. The van der Waals surface area contributed by atoms with E-state index >= 15 is 0 Å². The van der Waals surface area contributed by atoms with E-state index in [1.54, 1.807) is 16.8 Å². The largest absolute Gasteiger partial charge is 0.445 e. The van der Waals surface area contributed by atoms with Gasteiger partial charge in [-0.05, 0) is 48.5 Å². The van der Waals surface area contributed by atoms with E-state index in [2.05, 4.69) is 39.9 Å². The zero-order valence-electron chi connectivity index (χ0n) is 25.9. The molecule has 0 bridgehead atoms. The van der Waals surface area contributed by atoms with Crippen molar-refractivity contribution < 1.29 is 29.3 Å². The van der Waals surface area contributed by atoms with Gasteiger partial charge in [0, 0.05) is 45.2 Å². The molecule has 9 nitrogen and oxygen atoms in total. The molecular weight excluding hydrogens is 522 g/mol. The SMILES string of the molecule is CC(C)CCN(C[C@@H](O)[C@H](Cc1ccccc1)NC(=O)OC1C(CO)CC2COCC21)C(=O)N(C)CCC(C)(C)C. The maximum atomic E-state index is 13.5. The van der Waals surface area contributed by atoms with Gasteiger partial charge in [0.25, 0.3) is 0 Å². The van der Waals surface area contributed by atoms with E-state index in [-0.39, 0.29) is 42.4 Å². The van der Waals surface area contributed by atoms with E-state index in [1.807, 2.05) is 30.3 Å². The van der Waals surface area contributed by atoms with Crippen molar-refractivity contribution in [1.82, 2.24) is 15.1 Å². The summed E-state index contributed by atoms with van der Waals surface area (Å²) < 4.78 is 11.5. The van der Waals surface area contributed by atoms with Gasteiger partial charge in [0.2, 0.25) is 0 Å². The summed E-state index contributed by atoms with van der Waals surface area (Å²) in [5.41, 5.74) is 1.05. The van der Waals surface area contributed by atoms with Gasteiger partial charge in [-0.15, -0.1) is 0 Å². The fraction of sp³-hybridized carbons (Fsp3) is 0.750. The van der Waals surface area contributed by atoms with Gasteiger partial charge in [0.1, 0.15) is 6.10 Å². The second-order valence-corrected chi connectivity index (χ2v) is 13.7. The number of aliphatic hydroxyl groups is 2. The number of fused-ring (bicyclic) bond motifs is 1. The highest BCUT2D eigenvalue weighted by Gasteiger charge is 2.48. The Morgan fingerprint density at radius 1 is 1.15 bits per heavy atom.